The number of halogens is 2. The molecule has 8 nitrogen and oxygen atoms in total. The van der Waals surface area contributed by atoms with E-state index >= 15 is 0 Å². The molecule has 4 rings (SSSR count). The van der Waals surface area contributed by atoms with Gasteiger partial charge >= 0.3 is 0 Å². The van der Waals surface area contributed by atoms with Crippen LogP contribution in [-0.2, 0) is 16.1 Å². The summed E-state index contributed by atoms with van der Waals surface area (Å²) in [6.45, 7) is 3.60. The van der Waals surface area contributed by atoms with Crippen LogP contribution in [0, 0.1) is 6.92 Å². The first-order chi connectivity index (χ1) is 14.5. The van der Waals surface area contributed by atoms with Gasteiger partial charge in [0.05, 0.1) is 23.3 Å². The maximum Gasteiger partial charge on any atom is 0.245 e. The van der Waals surface area contributed by atoms with E-state index in [1.807, 2.05) is 17.9 Å². The molecular formula is C20H20Cl2N6O2. The third-order valence-electron chi connectivity index (χ3n) is 4.82. The van der Waals surface area contributed by atoms with Crippen molar-refractivity contribution in [3.05, 3.63) is 64.3 Å². The predicted molar refractivity (Wildman–Crippen MR) is 114 cm³/mol. The fraction of sp³-hybridized carbons (Fsp3) is 0.300. The van der Waals surface area contributed by atoms with Crippen molar-refractivity contribution in [1.82, 2.24) is 24.8 Å². The van der Waals surface area contributed by atoms with Crippen LogP contribution in [0.15, 0.2) is 43.1 Å². The minimum atomic E-state index is -0.509. The molecule has 1 unspecified atom stereocenters. The van der Waals surface area contributed by atoms with Crippen LogP contribution >= 0.6 is 23.2 Å². The van der Waals surface area contributed by atoms with Gasteiger partial charge in [-0.3, -0.25) is 9.36 Å². The van der Waals surface area contributed by atoms with Crippen LogP contribution in [-0.4, -0.2) is 51.2 Å². The number of benzene rings is 1. The average Bonchev–Trinajstić information content (AvgIpc) is 3.30. The minimum absolute atomic E-state index is 0.150. The number of ether oxygens (including phenoxy) is 1. The quantitative estimate of drug-likeness (QED) is 0.648. The number of amides is 1. The third kappa shape index (κ3) is 4.40. The predicted octanol–water partition coefficient (Wildman–Crippen LogP) is 2.80. The minimum Gasteiger partial charge on any atom is -0.377 e. The Morgan fingerprint density at radius 3 is 2.97 bits per heavy atom. The Labute approximate surface area is 183 Å². The van der Waals surface area contributed by atoms with Gasteiger partial charge in [0, 0.05) is 37.2 Å². The lowest BCUT2D eigenvalue weighted by atomic mass is 10.1. The molecule has 1 N–H and O–H groups in total. The largest absolute Gasteiger partial charge is 0.377 e. The second kappa shape index (κ2) is 8.99. The van der Waals surface area contributed by atoms with Gasteiger partial charge in [0.15, 0.2) is 0 Å². The zero-order chi connectivity index (χ0) is 21.1. The molecule has 0 bridgehead atoms. The summed E-state index contributed by atoms with van der Waals surface area (Å²) in [5.74, 6) is 1.05. The fourth-order valence-corrected chi connectivity index (χ4v) is 3.57. The molecule has 0 radical (unpaired) electrons. The Balaban J connectivity index is 1.53. The van der Waals surface area contributed by atoms with Crippen molar-refractivity contribution in [2.75, 3.05) is 24.7 Å². The maximum absolute atomic E-state index is 13.0. The Morgan fingerprint density at radius 1 is 1.33 bits per heavy atom. The monoisotopic (exact) mass is 446 g/mol. The average molecular weight is 447 g/mol. The zero-order valence-electron chi connectivity index (χ0n) is 16.3. The first-order valence-corrected chi connectivity index (χ1v) is 10.2. The van der Waals surface area contributed by atoms with Gasteiger partial charge in [-0.1, -0.05) is 29.3 Å². The van der Waals surface area contributed by atoms with E-state index in [0.29, 0.717) is 41.5 Å². The number of imidazole rings is 1. The van der Waals surface area contributed by atoms with Crippen LogP contribution in [0.5, 0.6) is 0 Å². The number of carbonyl (C=O) groups is 1. The first kappa shape index (κ1) is 20.6. The SMILES string of the molecule is Cc1cnc(-n2ccnc2)nc1N1CCOCC1C(=O)NCc1ccc(Cl)c(Cl)c1. The molecular weight excluding hydrogens is 427 g/mol. The number of carbonyl (C=O) groups excluding carboxylic acids is 1. The second-order valence-corrected chi connectivity index (χ2v) is 7.71. The van der Waals surface area contributed by atoms with Gasteiger partial charge in [0.1, 0.15) is 18.2 Å². The molecule has 1 aliphatic heterocycles. The second-order valence-electron chi connectivity index (χ2n) is 6.90. The smallest absolute Gasteiger partial charge is 0.245 e. The summed E-state index contributed by atoms with van der Waals surface area (Å²) in [4.78, 5) is 28.0. The number of anilines is 1. The third-order valence-corrected chi connectivity index (χ3v) is 5.56. The Bertz CT molecular complexity index is 1040. The standard InChI is InChI=1S/C20H20Cl2N6O2/c1-13-9-25-20(27-5-4-23-12-27)26-18(13)28-6-7-30-11-17(28)19(29)24-10-14-2-3-15(21)16(22)8-14/h2-5,8-9,12,17H,6-7,10-11H2,1H3,(H,24,29). The number of aryl methyl sites for hydroxylation is 1. The van der Waals surface area contributed by atoms with E-state index in [-0.39, 0.29) is 12.5 Å². The molecule has 10 heteroatoms. The highest BCUT2D eigenvalue weighted by atomic mass is 35.5. The highest BCUT2D eigenvalue weighted by Gasteiger charge is 2.31. The van der Waals surface area contributed by atoms with Crippen LogP contribution in [0.25, 0.3) is 5.95 Å². The van der Waals surface area contributed by atoms with Crippen molar-refractivity contribution in [2.24, 2.45) is 0 Å². The lowest BCUT2D eigenvalue weighted by Crippen LogP contribution is -2.54. The number of rotatable bonds is 5. The molecule has 30 heavy (non-hydrogen) atoms. The fourth-order valence-electron chi connectivity index (χ4n) is 3.25. The summed E-state index contributed by atoms with van der Waals surface area (Å²) in [7, 11) is 0. The molecule has 1 aromatic carbocycles. The van der Waals surface area contributed by atoms with E-state index < -0.39 is 6.04 Å². The molecule has 3 aromatic rings. The molecule has 0 spiro atoms. The molecule has 2 aromatic heterocycles. The van der Waals surface area contributed by atoms with Gasteiger partial charge in [0.25, 0.3) is 0 Å². The van der Waals surface area contributed by atoms with E-state index in [4.69, 9.17) is 27.9 Å². The van der Waals surface area contributed by atoms with Crippen LogP contribution in [0.4, 0.5) is 5.82 Å². The number of aromatic nitrogens is 4. The van der Waals surface area contributed by atoms with Gasteiger partial charge in [-0.25, -0.2) is 9.97 Å². The topological polar surface area (TPSA) is 85.2 Å². The molecule has 1 saturated heterocycles. The number of nitrogens with one attached hydrogen (secondary N) is 1. The van der Waals surface area contributed by atoms with Crippen molar-refractivity contribution in [1.29, 1.82) is 0 Å². The molecule has 1 amide bonds. The van der Waals surface area contributed by atoms with E-state index in [9.17, 15) is 4.79 Å². The van der Waals surface area contributed by atoms with Gasteiger partial charge in [-0.2, -0.15) is 4.98 Å². The highest BCUT2D eigenvalue weighted by Crippen LogP contribution is 2.24. The summed E-state index contributed by atoms with van der Waals surface area (Å²) in [5.41, 5.74) is 1.74. The van der Waals surface area contributed by atoms with E-state index in [0.717, 1.165) is 11.1 Å². The number of morpholine rings is 1. The van der Waals surface area contributed by atoms with Gasteiger partial charge in [0.2, 0.25) is 11.9 Å². The molecule has 1 fully saturated rings. The highest BCUT2D eigenvalue weighted by molar-refractivity contribution is 6.42. The molecule has 0 saturated carbocycles. The van der Waals surface area contributed by atoms with Crippen LogP contribution < -0.4 is 10.2 Å². The molecule has 3 heterocycles. The van der Waals surface area contributed by atoms with Crippen molar-refractivity contribution in [3.8, 4) is 5.95 Å². The first-order valence-electron chi connectivity index (χ1n) is 9.41. The van der Waals surface area contributed by atoms with Crippen molar-refractivity contribution < 1.29 is 9.53 Å². The normalized spacial score (nSPS) is 16.5. The Hall–Kier alpha value is -2.68. The van der Waals surface area contributed by atoms with Crippen LogP contribution in [0.1, 0.15) is 11.1 Å². The van der Waals surface area contributed by atoms with Crippen molar-refractivity contribution in [2.45, 2.75) is 19.5 Å². The lowest BCUT2D eigenvalue weighted by Gasteiger charge is -2.36. The van der Waals surface area contributed by atoms with Gasteiger partial charge < -0.3 is 15.0 Å². The summed E-state index contributed by atoms with van der Waals surface area (Å²) >= 11 is 12.0. The van der Waals surface area contributed by atoms with Crippen molar-refractivity contribution in [3.63, 3.8) is 0 Å². The number of nitrogens with zero attached hydrogens (tertiary/aromatic N) is 5. The molecule has 156 valence electrons. The van der Waals surface area contributed by atoms with Gasteiger partial charge in [-0.05, 0) is 24.6 Å². The van der Waals surface area contributed by atoms with Crippen LogP contribution in [0.2, 0.25) is 10.0 Å². The summed E-state index contributed by atoms with van der Waals surface area (Å²) < 4.78 is 7.31. The number of hydrogen-bond acceptors (Lipinski definition) is 6. The van der Waals surface area contributed by atoms with E-state index in [2.05, 4.69) is 20.3 Å². The molecule has 0 aliphatic carbocycles. The lowest BCUT2D eigenvalue weighted by molar-refractivity contribution is -0.124. The van der Waals surface area contributed by atoms with Gasteiger partial charge in [-0.15, -0.1) is 0 Å². The zero-order valence-corrected chi connectivity index (χ0v) is 17.8. The van der Waals surface area contributed by atoms with E-state index in [1.54, 1.807) is 41.6 Å². The Morgan fingerprint density at radius 2 is 2.20 bits per heavy atom. The molecule has 1 aliphatic rings. The summed E-state index contributed by atoms with van der Waals surface area (Å²) in [6, 6.07) is 4.77. The van der Waals surface area contributed by atoms with Crippen LogP contribution in [0.3, 0.4) is 0 Å². The number of hydrogen-bond donors (Lipinski definition) is 1. The summed E-state index contributed by atoms with van der Waals surface area (Å²) in [5, 5.41) is 3.89. The maximum atomic E-state index is 13.0. The van der Waals surface area contributed by atoms with Crippen molar-refractivity contribution >= 4 is 34.9 Å². The van der Waals surface area contributed by atoms with E-state index in [1.165, 1.54) is 0 Å². The Kier molecular flexibility index (Phi) is 6.17. The molecule has 1 atom stereocenters. The summed E-state index contributed by atoms with van der Waals surface area (Å²) in [6.07, 6.45) is 6.82.